The number of nitrogens with one attached hydrogen (secondary N) is 1. The van der Waals surface area contributed by atoms with E-state index in [-0.39, 0.29) is 0 Å². The lowest BCUT2D eigenvalue weighted by molar-refractivity contribution is 0.332. The first-order valence-electron chi connectivity index (χ1n) is 7.14. The van der Waals surface area contributed by atoms with Crippen molar-refractivity contribution in [2.45, 2.75) is 32.6 Å². The van der Waals surface area contributed by atoms with Crippen molar-refractivity contribution in [3.8, 4) is 0 Å². The number of hydrogen-bond acceptors (Lipinski definition) is 1. The molecule has 1 N–H and O–H groups in total. The van der Waals surface area contributed by atoms with Crippen LogP contribution in [0.4, 0.5) is 0 Å². The minimum absolute atomic E-state index is 1.21. The van der Waals surface area contributed by atoms with Gasteiger partial charge in [0.05, 0.1) is 0 Å². The zero-order valence-electron chi connectivity index (χ0n) is 11.4. The van der Waals surface area contributed by atoms with Crippen LogP contribution in [0.15, 0.2) is 36.5 Å². The van der Waals surface area contributed by atoms with Crippen LogP contribution in [0.25, 0.3) is 10.9 Å². The summed E-state index contributed by atoms with van der Waals surface area (Å²) in [5, 5.41) is 1.28. The number of rotatable bonds is 3. The molecule has 1 aliphatic heterocycles. The second-order valence-electron chi connectivity index (χ2n) is 4.97. The molecule has 0 spiro atoms. The summed E-state index contributed by atoms with van der Waals surface area (Å²) < 4.78 is 0. The van der Waals surface area contributed by atoms with Gasteiger partial charge in [0.1, 0.15) is 0 Å². The third-order valence-electron chi connectivity index (χ3n) is 3.49. The zero-order valence-corrected chi connectivity index (χ0v) is 11.4. The molecule has 1 saturated heterocycles. The maximum Gasteiger partial charge on any atom is 0.0453 e. The number of hydrogen-bond donors (Lipinski definition) is 1. The molecule has 0 atom stereocenters. The molecular formula is C16H24N2. The number of fused-ring (bicyclic) bond motifs is 1. The Morgan fingerprint density at radius 2 is 1.89 bits per heavy atom. The van der Waals surface area contributed by atoms with Crippen molar-refractivity contribution < 1.29 is 0 Å². The van der Waals surface area contributed by atoms with Crippen molar-refractivity contribution in [2.75, 3.05) is 19.6 Å². The minimum Gasteiger partial charge on any atom is -0.361 e. The van der Waals surface area contributed by atoms with Crippen LogP contribution in [-0.4, -0.2) is 29.5 Å². The molecule has 0 saturated carbocycles. The molecule has 0 bridgehead atoms. The SMILES string of the molecule is CCCCN1CCCC1.c1ccc2[nH]ccc2c1. The number of para-hydroxylation sites is 1. The number of benzene rings is 1. The molecule has 2 heterocycles. The molecule has 0 amide bonds. The maximum atomic E-state index is 3.12. The lowest BCUT2D eigenvalue weighted by Crippen LogP contribution is -2.19. The van der Waals surface area contributed by atoms with Crippen molar-refractivity contribution in [2.24, 2.45) is 0 Å². The average molecular weight is 244 g/mol. The van der Waals surface area contributed by atoms with E-state index in [1.165, 1.54) is 56.2 Å². The minimum atomic E-state index is 1.21. The molecule has 0 unspecified atom stereocenters. The summed E-state index contributed by atoms with van der Waals surface area (Å²) >= 11 is 0. The van der Waals surface area contributed by atoms with Crippen LogP contribution in [-0.2, 0) is 0 Å². The fourth-order valence-electron chi connectivity index (χ4n) is 2.38. The zero-order chi connectivity index (χ0) is 12.6. The van der Waals surface area contributed by atoms with E-state index in [0.29, 0.717) is 0 Å². The number of nitrogens with zero attached hydrogens (tertiary/aromatic N) is 1. The summed E-state index contributed by atoms with van der Waals surface area (Å²) in [5.74, 6) is 0. The van der Waals surface area contributed by atoms with E-state index in [4.69, 9.17) is 0 Å². The molecule has 0 radical (unpaired) electrons. The third-order valence-corrected chi connectivity index (χ3v) is 3.49. The van der Waals surface area contributed by atoms with Gasteiger partial charge >= 0.3 is 0 Å². The van der Waals surface area contributed by atoms with Crippen LogP contribution in [0, 0.1) is 0 Å². The molecule has 2 heteroatoms. The van der Waals surface area contributed by atoms with E-state index in [1.54, 1.807) is 0 Å². The van der Waals surface area contributed by atoms with Crippen LogP contribution >= 0.6 is 0 Å². The van der Waals surface area contributed by atoms with Crippen LogP contribution in [0.1, 0.15) is 32.6 Å². The third kappa shape index (κ3) is 3.88. The van der Waals surface area contributed by atoms with Crippen LogP contribution in [0.5, 0.6) is 0 Å². The van der Waals surface area contributed by atoms with E-state index in [9.17, 15) is 0 Å². The van der Waals surface area contributed by atoms with Crippen LogP contribution in [0.2, 0.25) is 0 Å². The second kappa shape index (κ2) is 7.22. The molecule has 0 aliphatic carbocycles. The number of unbranched alkanes of at least 4 members (excludes halogenated alkanes) is 1. The Hall–Kier alpha value is -1.28. The van der Waals surface area contributed by atoms with Crippen molar-refractivity contribution in [1.82, 2.24) is 9.88 Å². The fraction of sp³-hybridized carbons (Fsp3) is 0.500. The monoisotopic (exact) mass is 244 g/mol. The Morgan fingerprint density at radius 3 is 2.61 bits per heavy atom. The summed E-state index contributed by atoms with van der Waals surface area (Å²) in [6.45, 7) is 6.33. The van der Waals surface area contributed by atoms with Gasteiger partial charge < -0.3 is 9.88 Å². The molecule has 2 nitrogen and oxygen atoms in total. The van der Waals surface area contributed by atoms with Gasteiger partial charge in [-0.25, -0.2) is 0 Å². The lowest BCUT2D eigenvalue weighted by atomic mass is 10.3. The van der Waals surface area contributed by atoms with Gasteiger partial charge in [-0.1, -0.05) is 31.5 Å². The van der Waals surface area contributed by atoms with E-state index in [1.807, 2.05) is 18.3 Å². The van der Waals surface area contributed by atoms with Crippen molar-refractivity contribution in [3.63, 3.8) is 0 Å². The van der Waals surface area contributed by atoms with E-state index < -0.39 is 0 Å². The number of aromatic nitrogens is 1. The molecule has 3 rings (SSSR count). The maximum absolute atomic E-state index is 3.12. The first kappa shape index (κ1) is 13.2. The van der Waals surface area contributed by atoms with Crippen molar-refractivity contribution in [1.29, 1.82) is 0 Å². The number of likely N-dealkylation sites (tertiary alicyclic amines) is 1. The predicted octanol–water partition coefficient (Wildman–Crippen LogP) is 4.05. The van der Waals surface area contributed by atoms with Crippen molar-refractivity contribution >= 4 is 10.9 Å². The Bertz CT molecular complexity index is 411. The molecule has 1 fully saturated rings. The summed E-state index contributed by atoms with van der Waals surface area (Å²) in [7, 11) is 0. The highest BCUT2D eigenvalue weighted by Crippen LogP contribution is 2.09. The van der Waals surface area contributed by atoms with Gasteiger partial charge in [0.15, 0.2) is 0 Å². The van der Waals surface area contributed by atoms with Gasteiger partial charge in [-0.2, -0.15) is 0 Å². The van der Waals surface area contributed by atoms with Crippen molar-refractivity contribution in [3.05, 3.63) is 36.5 Å². The van der Waals surface area contributed by atoms with Gasteiger partial charge in [0.25, 0.3) is 0 Å². The highest BCUT2D eigenvalue weighted by atomic mass is 15.1. The quantitative estimate of drug-likeness (QED) is 0.863. The Labute approximate surface area is 110 Å². The average Bonchev–Trinajstić information content (AvgIpc) is 3.08. The van der Waals surface area contributed by atoms with E-state index in [2.05, 4.69) is 35.0 Å². The lowest BCUT2D eigenvalue weighted by Gasteiger charge is -2.12. The highest BCUT2D eigenvalue weighted by molar-refractivity contribution is 5.78. The largest absolute Gasteiger partial charge is 0.361 e. The van der Waals surface area contributed by atoms with Crippen LogP contribution in [0.3, 0.4) is 0 Å². The topological polar surface area (TPSA) is 19.0 Å². The molecular weight excluding hydrogens is 220 g/mol. The molecule has 1 aromatic carbocycles. The van der Waals surface area contributed by atoms with Gasteiger partial charge in [0.2, 0.25) is 0 Å². The smallest absolute Gasteiger partial charge is 0.0453 e. The first-order chi connectivity index (χ1) is 8.90. The summed E-state index contributed by atoms with van der Waals surface area (Å²) in [4.78, 5) is 5.69. The van der Waals surface area contributed by atoms with E-state index in [0.717, 1.165) is 0 Å². The standard InChI is InChI=1S/C8H7N.C8H17N/c1-2-4-8-7(3-1)5-6-9-8;1-2-3-6-9-7-4-5-8-9/h1-6,9H;2-8H2,1H3. The molecule has 18 heavy (non-hydrogen) atoms. The van der Waals surface area contributed by atoms with Gasteiger partial charge in [-0.3, -0.25) is 0 Å². The predicted molar refractivity (Wildman–Crippen MR) is 78.9 cm³/mol. The Balaban J connectivity index is 0.000000134. The molecule has 2 aromatic rings. The first-order valence-corrected chi connectivity index (χ1v) is 7.14. The second-order valence-corrected chi connectivity index (χ2v) is 4.97. The normalized spacial score (nSPS) is 15.6. The fourth-order valence-corrected chi connectivity index (χ4v) is 2.38. The van der Waals surface area contributed by atoms with E-state index >= 15 is 0 Å². The highest BCUT2D eigenvalue weighted by Gasteiger charge is 2.09. The molecule has 1 aliphatic rings. The van der Waals surface area contributed by atoms with Gasteiger partial charge in [0, 0.05) is 11.7 Å². The Morgan fingerprint density at radius 1 is 1.11 bits per heavy atom. The summed E-state index contributed by atoms with van der Waals surface area (Å²) in [6, 6.07) is 10.3. The number of aromatic amines is 1. The van der Waals surface area contributed by atoms with Gasteiger partial charge in [-0.05, 0) is 56.4 Å². The Kier molecular flexibility index (Phi) is 5.28. The summed E-state index contributed by atoms with van der Waals surface area (Å²) in [5.41, 5.74) is 1.21. The number of H-pyrrole nitrogens is 1. The molecule has 98 valence electrons. The van der Waals surface area contributed by atoms with Gasteiger partial charge in [-0.15, -0.1) is 0 Å². The molecule has 1 aromatic heterocycles. The summed E-state index contributed by atoms with van der Waals surface area (Å²) in [6.07, 6.45) is 7.55. The van der Waals surface area contributed by atoms with Crippen LogP contribution < -0.4 is 0 Å².